The van der Waals surface area contributed by atoms with Crippen molar-refractivity contribution in [2.75, 3.05) is 13.7 Å². The van der Waals surface area contributed by atoms with Crippen molar-refractivity contribution in [3.8, 4) is 5.75 Å². The smallest absolute Gasteiger partial charge is 0.241 e. The van der Waals surface area contributed by atoms with E-state index in [0.717, 1.165) is 5.56 Å². The van der Waals surface area contributed by atoms with Crippen LogP contribution in [-0.2, 0) is 21.4 Å². The van der Waals surface area contributed by atoms with Crippen LogP contribution in [0.2, 0.25) is 0 Å². The van der Waals surface area contributed by atoms with Crippen molar-refractivity contribution < 1.29 is 17.9 Å². The third-order valence-electron chi connectivity index (χ3n) is 3.79. The zero-order valence-electron chi connectivity index (χ0n) is 15.2. The molecule has 7 heteroatoms. The van der Waals surface area contributed by atoms with Gasteiger partial charge >= 0.3 is 0 Å². The second-order valence-corrected chi connectivity index (χ2v) is 7.64. The van der Waals surface area contributed by atoms with E-state index in [1.807, 2.05) is 37.3 Å². The quantitative estimate of drug-likeness (QED) is 0.768. The molecule has 0 heterocycles. The van der Waals surface area contributed by atoms with E-state index in [1.165, 1.54) is 24.0 Å². The van der Waals surface area contributed by atoms with Crippen molar-refractivity contribution in [1.82, 2.24) is 9.62 Å². The average molecular weight is 376 g/mol. The Morgan fingerprint density at radius 3 is 2.31 bits per heavy atom. The van der Waals surface area contributed by atoms with Crippen LogP contribution in [-0.4, -0.2) is 38.9 Å². The summed E-state index contributed by atoms with van der Waals surface area (Å²) in [6.07, 6.45) is 0. The average Bonchev–Trinajstić information content (AvgIpc) is 2.62. The zero-order valence-corrected chi connectivity index (χ0v) is 16.0. The molecule has 6 nitrogen and oxygen atoms in total. The predicted octanol–water partition coefficient (Wildman–Crippen LogP) is 2.41. The molecule has 140 valence electrons. The van der Waals surface area contributed by atoms with Crippen molar-refractivity contribution in [3.05, 3.63) is 60.2 Å². The SMILES string of the molecule is CCOc1ccc(S(=O)(=O)N[C@@H](C)C(=O)N(C)Cc2ccccc2)cc1. The zero-order chi connectivity index (χ0) is 19.2. The fraction of sp³-hybridized carbons (Fsp3) is 0.316. The topological polar surface area (TPSA) is 75.7 Å². The summed E-state index contributed by atoms with van der Waals surface area (Å²) >= 11 is 0. The fourth-order valence-electron chi connectivity index (χ4n) is 2.50. The van der Waals surface area contributed by atoms with Crippen LogP contribution in [0.15, 0.2) is 59.5 Å². The number of hydrogen-bond donors (Lipinski definition) is 1. The number of nitrogens with one attached hydrogen (secondary N) is 1. The first kappa shape index (κ1) is 19.9. The number of carbonyl (C=O) groups excluding carboxylic acids is 1. The molecule has 1 amide bonds. The molecule has 26 heavy (non-hydrogen) atoms. The van der Waals surface area contributed by atoms with E-state index in [0.29, 0.717) is 18.9 Å². The molecule has 2 aromatic carbocycles. The molecule has 0 unspecified atom stereocenters. The van der Waals surface area contributed by atoms with Gasteiger partial charge in [-0.3, -0.25) is 4.79 Å². The molecule has 0 spiro atoms. The Balaban J connectivity index is 2.02. The van der Waals surface area contributed by atoms with E-state index in [9.17, 15) is 13.2 Å². The maximum atomic E-state index is 12.5. The molecule has 1 N–H and O–H groups in total. The number of likely N-dealkylation sites (N-methyl/N-ethyl adjacent to an activating group) is 1. The highest BCUT2D eigenvalue weighted by atomic mass is 32.2. The molecule has 0 aliphatic heterocycles. The Kier molecular flexibility index (Phi) is 6.76. The van der Waals surface area contributed by atoms with Crippen LogP contribution in [0.3, 0.4) is 0 Å². The van der Waals surface area contributed by atoms with E-state index in [4.69, 9.17) is 4.74 Å². The first-order chi connectivity index (χ1) is 12.3. The predicted molar refractivity (Wildman–Crippen MR) is 100 cm³/mol. The molecular weight excluding hydrogens is 352 g/mol. The van der Waals surface area contributed by atoms with Crippen molar-refractivity contribution in [2.24, 2.45) is 0 Å². The van der Waals surface area contributed by atoms with E-state index in [-0.39, 0.29) is 10.8 Å². The number of carbonyl (C=O) groups is 1. The Morgan fingerprint density at radius 1 is 1.12 bits per heavy atom. The monoisotopic (exact) mass is 376 g/mol. The maximum Gasteiger partial charge on any atom is 0.241 e. The van der Waals surface area contributed by atoms with Crippen LogP contribution in [0.1, 0.15) is 19.4 Å². The van der Waals surface area contributed by atoms with Crippen LogP contribution in [0.25, 0.3) is 0 Å². The Hall–Kier alpha value is -2.38. The molecule has 0 saturated carbocycles. The van der Waals surface area contributed by atoms with Gasteiger partial charge in [0.2, 0.25) is 15.9 Å². The normalized spacial score (nSPS) is 12.4. The summed E-state index contributed by atoms with van der Waals surface area (Å²) in [6, 6.07) is 14.7. The number of nitrogens with zero attached hydrogens (tertiary/aromatic N) is 1. The minimum Gasteiger partial charge on any atom is -0.494 e. The summed E-state index contributed by atoms with van der Waals surface area (Å²) in [4.78, 5) is 14.1. The van der Waals surface area contributed by atoms with E-state index in [1.54, 1.807) is 19.2 Å². The number of sulfonamides is 1. The highest BCUT2D eigenvalue weighted by Gasteiger charge is 2.24. The molecule has 0 radical (unpaired) electrons. The summed E-state index contributed by atoms with van der Waals surface area (Å²) in [5.41, 5.74) is 0.977. The van der Waals surface area contributed by atoms with Gasteiger partial charge in [0.05, 0.1) is 17.5 Å². The lowest BCUT2D eigenvalue weighted by atomic mass is 10.2. The molecule has 0 aliphatic rings. The van der Waals surface area contributed by atoms with Gasteiger partial charge in [-0.15, -0.1) is 0 Å². The molecule has 0 bridgehead atoms. The lowest BCUT2D eigenvalue weighted by molar-refractivity contribution is -0.131. The van der Waals surface area contributed by atoms with E-state index >= 15 is 0 Å². The van der Waals surface area contributed by atoms with E-state index < -0.39 is 16.1 Å². The van der Waals surface area contributed by atoms with Crippen molar-refractivity contribution >= 4 is 15.9 Å². The molecular formula is C19H24N2O4S. The van der Waals surface area contributed by atoms with Crippen molar-refractivity contribution in [3.63, 3.8) is 0 Å². The number of ether oxygens (including phenoxy) is 1. The summed E-state index contributed by atoms with van der Waals surface area (Å²) in [6.45, 7) is 4.31. The summed E-state index contributed by atoms with van der Waals surface area (Å²) < 4.78 is 32.7. The number of hydrogen-bond acceptors (Lipinski definition) is 4. The minimum absolute atomic E-state index is 0.0892. The van der Waals surface area contributed by atoms with Crippen molar-refractivity contribution in [1.29, 1.82) is 0 Å². The summed E-state index contributed by atoms with van der Waals surface area (Å²) in [7, 11) is -2.15. The molecule has 2 aromatic rings. The van der Waals surface area contributed by atoms with Crippen molar-refractivity contribution in [2.45, 2.75) is 31.3 Å². The lowest BCUT2D eigenvalue weighted by Gasteiger charge is -2.22. The molecule has 0 aromatic heterocycles. The van der Waals surface area contributed by atoms with Gasteiger partial charge in [-0.1, -0.05) is 30.3 Å². The van der Waals surface area contributed by atoms with Crippen LogP contribution in [0, 0.1) is 0 Å². The van der Waals surface area contributed by atoms with Gasteiger partial charge in [-0.05, 0) is 43.7 Å². The fourth-order valence-corrected chi connectivity index (χ4v) is 3.70. The van der Waals surface area contributed by atoms with Crippen LogP contribution in [0.5, 0.6) is 5.75 Å². The second-order valence-electron chi connectivity index (χ2n) is 5.93. The van der Waals surface area contributed by atoms with Gasteiger partial charge in [0.25, 0.3) is 0 Å². The summed E-state index contributed by atoms with van der Waals surface area (Å²) in [5, 5.41) is 0. The third-order valence-corrected chi connectivity index (χ3v) is 5.34. The van der Waals surface area contributed by atoms with Gasteiger partial charge in [0.15, 0.2) is 0 Å². The first-order valence-electron chi connectivity index (χ1n) is 8.37. The van der Waals surface area contributed by atoms with Crippen LogP contribution < -0.4 is 9.46 Å². The highest BCUT2D eigenvalue weighted by molar-refractivity contribution is 7.89. The Bertz CT molecular complexity index is 820. The standard InChI is InChI=1S/C19H24N2O4S/c1-4-25-17-10-12-18(13-11-17)26(23,24)20-15(2)19(22)21(3)14-16-8-6-5-7-9-16/h5-13,15,20H,4,14H2,1-3H3/t15-/m0/s1. The van der Waals surface area contributed by atoms with Gasteiger partial charge in [0, 0.05) is 13.6 Å². The maximum absolute atomic E-state index is 12.5. The number of amides is 1. The third kappa shape index (κ3) is 5.31. The summed E-state index contributed by atoms with van der Waals surface area (Å²) in [5.74, 6) is 0.293. The first-order valence-corrected chi connectivity index (χ1v) is 9.86. The Labute approximate surface area is 154 Å². The molecule has 1 atom stereocenters. The molecule has 0 fully saturated rings. The van der Waals surface area contributed by atoms with Gasteiger partial charge in [0.1, 0.15) is 5.75 Å². The Morgan fingerprint density at radius 2 is 1.73 bits per heavy atom. The largest absolute Gasteiger partial charge is 0.494 e. The molecule has 0 saturated heterocycles. The molecule has 0 aliphatic carbocycles. The second kappa shape index (κ2) is 8.82. The lowest BCUT2D eigenvalue weighted by Crippen LogP contribution is -2.45. The minimum atomic E-state index is -3.80. The molecule has 2 rings (SSSR count). The van der Waals surface area contributed by atoms with Gasteiger partial charge < -0.3 is 9.64 Å². The number of rotatable bonds is 8. The van der Waals surface area contributed by atoms with Crippen LogP contribution in [0.4, 0.5) is 0 Å². The highest BCUT2D eigenvalue weighted by Crippen LogP contribution is 2.16. The van der Waals surface area contributed by atoms with Gasteiger partial charge in [-0.2, -0.15) is 4.72 Å². The van der Waals surface area contributed by atoms with Crippen LogP contribution >= 0.6 is 0 Å². The van der Waals surface area contributed by atoms with E-state index in [2.05, 4.69) is 4.72 Å². The number of benzene rings is 2. The van der Waals surface area contributed by atoms with Gasteiger partial charge in [-0.25, -0.2) is 8.42 Å².